The predicted molar refractivity (Wildman–Crippen MR) is 169 cm³/mol. The predicted octanol–water partition coefficient (Wildman–Crippen LogP) is 9.30. The Hall–Kier alpha value is -2.33. The number of ether oxygens (including phenoxy) is 2. The van der Waals surface area contributed by atoms with Crippen LogP contribution in [0.3, 0.4) is 0 Å². The van der Waals surface area contributed by atoms with Crippen LogP contribution in [-0.2, 0) is 22.5 Å². The van der Waals surface area contributed by atoms with Crippen molar-refractivity contribution in [2.45, 2.75) is 123 Å². The molecule has 1 atom stereocenters. The summed E-state index contributed by atoms with van der Waals surface area (Å²) in [7, 11) is 4.42. The van der Waals surface area contributed by atoms with Gasteiger partial charge in [0.1, 0.15) is 25.0 Å². The first-order valence-corrected chi connectivity index (χ1v) is 16.1. The molecule has 0 bridgehead atoms. The third-order valence-electron chi connectivity index (χ3n) is 7.63. The Kier molecular flexibility index (Phi) is 17.4. The van der Waals surface area contributed by atoms with Crippen LogP contribution in [-0.4, -0.2) is 43.8 Å². The number of rotatable bonds is 23. The Morgan fingerprint density at radius 1 is 0.750 bits per heavy atom. The summed E-state index contributed by atoms with van der Waals surface area (Å²) >= 11 is 0. The smallest absolute Gasteiger partial charge is 0.306 e. The van der Waals surface area contributed by atoms with Crippen molar-refractivity contribution in [2.24, 2.45) is 0 Å². The molecule has 0 aromatic heterocycles. The number of aryl methyl sites for hydroxylation is 1. The lowest BCUT2D eigenvalue weighted by Gasteiger charge is -2.29. The molecule has 0 aliphatic carbocycles. The fraction of sp³-hybridized carbons (Fsp3) is 0.639. The molecule has 224 valence electrons. The summed E-state index contributed by atoms with van der Waals surface area (Å²) in [6.07, 6.45) is 18.7. The molecule has 2 rings (SSSR count). The minimum Gasteiger partial charge on any atom is -0.487 e. The van der Waals surface area contributed by atoms with Gasteiger partial charge in [-0.15, -0.1) is 0 Å². The lowest BCUT2D eigenvalue weighted by Crippen LogP contribution is -2.39. The number of carbonyl (C=O) groups is 1. The zero-order valence-corrected chi connectivity index (χ0v) is 26.2. The molecule has 0 amide bonds. The Balaban J connectivity index is 1.53. The first kappa shape index (κ1) is 33.9. The van der Waals surface area contributed by atoms with Crippen molar-refractivity contribution in [2.75, 3.05) is 27.2 Å². The van der Waals surface area contributed by atoms with E-state index >= 15 is 0 Å². The second-order valence-electron chi connectivity index (χ2n) is 12.3. The summed E-state index contributed by atoms with van der Waals surface area (Å²) in [4.78, 5) is 12.3. The molecule has 1 unspecified atom stereocenters. The number of hydrogen-bond donors (Lipinski definition) is 0. The highest BCUT2D eigenvalue weighted by Gasteiger charge is 2.17. The monoisotopic (exact) mass is 552 g/mol. The van der Waals surface area contributed by atoms with Crippen molar-refractivity contribution < 1.29 is 18.8 Å². The van der Waals surface area contributed by atoms with Gasteiger partial charge in [0.25, 0.3) is 0 Å². The molecule has 0 saturated heterocycles. The van der Waals surface area contributed by atoms with E-state index in [1.54, 1.807) is 0 Å². The van der Waals surface area contributed by atoms with Crippen LogP contribution in [0.25, 0.3) is 0 Å². The molecular formula is C36H58NO3+. The number of hydrogen-bond acceptors (Lipinski definition) is 3. The molecule has 0 heterocycles. The lowest BCUT2D eigenvalue weighted by atomic mass is 10.0. The zero-order chi connectivity index (χ0) is 28.9. The standard InChI is InChI=1S/C36H58NO3/c1-5-6-7-8-9-10-11-12-13-14-15-17-22-33-25-20-26-35(29-33)40-32(2)31-39-36(38)27-21-28-37(3,4)30-34-23-18-16-19-24-34/h16,18-20,23-26,29,32H,5-15,17,21-22,27-28,30-31H2,1-4H3/q+1. The van der Waals surface area contributed by atoms with Gasteiger partial charge < -0.3 is 14.0 Å². The maximum Gasteiger partial charge on any atom is 0.306 e. The molecule has 4 nitrogen and oxygen atoms in total. The average Bonchev–Trinajstić information content (AvgIpc) is 2.93. The van der Waals surface area contributed by atoms with Gasteiger partial charge in [-0.05, 0) is 37.5 Å². The largest absolute Gasteiger partial charge is 0.487 e. The fourth-order valence-corrected chi connectivity index (χ4v) is 5.30. The van der Waals surface area contributed by atoms with Crippen molar-refractivity contribution in [3.05, 3.63) is 65.7 Å². The van der Waals surface area contributed by atoms with Gasteiger partial charge in [-0.1, -0.05) is 120 Å². The quantitative estimate of drug-likeness (QED) is 0.0783. The number of nitrogens with zero attached hydrogens (tertiary/aromatic N) is 1. The maximum absolute atomic E-state index is 12.3. The second kappa shape index (κ2) is 20.5. The van der Waals surface area contributed by atoms with Crippen LogP contribution in [0.1, 0.15) is 115 Å². The van der Waals surface area contributed by atoms with E-state index in [4.69, 9.17) is 9.47 Å². The molecular weight excluding hydrogens is 494 g/mol. The topological polar surface area (TPSA) is 35.5 Å². The lowest BCUT2D eigenvalue weighted by molar-refractivity contribution is -0.903. The van der Waals surface area contributed by atoms with Crippen molar-refractivity contribution in [1.29, 1.82) is 0 Å². The van der Waals surface area contributed by atoms with E-state index in [9.17, 15) is 4.79 Å². The van der Waals surface area contributed by atoms with Gasteiger partial charge in [-0.25, -0.2) is 0 Å². The molecule has 0 N–H and O–H groups in total. The van der Waals surface area contributed by atoms with E-state index in [1.807, 2.05) is 19.1 Å². The highest BCUT2D eigenvalue weighted by atomic mass is 16.6. The molecule has 0 fully saturated rings. The summed E-state index contributed by atoms with van der Waals surface area (Å²) in [5.74, 6) is 0.718. The molecule has 0 saturated carbocycles. The van der Waals surface area contributed by atoms with Crippen LogP contribution in [0.15, 0.2) is 54.6 Å². The number of unbranched alkanes of at least 4 members (excludes halogenated alkanes) is 11. The van der Waals surface area contributed by atoms with E-state index in [0.29, 0.717) is 6.42 Å². The van der Waals surface area contributed by atoms with E-state index in [-0.39, 0.29) is 18.7 Å². The molecule has 0 radical (unpaired) electrons. The third-order valence-corrected chi connectivity index (χ3v) is 7.63. The van der Waals surface area contributed by atoms with Gasteiger partial charge in [0, 0.05) is 12.0 Å². The highest BCUT2D eigenvalue weighted by Crippen LogP contribution is 2.18. The van der Waals surface area contributed by atoms with Gasteiger partial charge in [0.05, 0.1) is 27.1 Å². The molecule has 4 heteroatoms. The van der Waals surface area contributed by atoms with Crippen LogP contribution in [0.4, 0.5) is 0 Å². The third kappa shape index (κ3) is 16.7. The summed E-state index contributed by atoms with van der Waals surface area (Å²) in [5, 5.41) is 0. The van der Waals surface area contributed by atoms with E-state index < -0.39 is 0 Å². The van der Waals surface area contributed by atoms with E-state index in [2.05, 4.69) is 63.5 Å². The average molecular weight is 553 g/mol. The number of quaternary nitrogens is 1. The van der Waals surface area contributed by atoms with Crippen LogP contribution in [0, 0.1) is 0 Å². The summed E-state index contributed by atoms with van der Waals surface area (Å²) < 4.78 is 12.4. The molecule has 0 aliphatic rings. The van der Waals surface area contributed by atoms with Gasteiger partial charge in [0.15, 0.2) is 0 Å². The van der Waals surface area contributed by atoms with Crippen molar-refractivity contribution >= 4 is 5.97 Å². The summed E-state index contributed by atoms with van der Waals surface area (Å²) in [6.45, 7) is 6.42. The second-order valence-corrected chi connectivity index (χ2v) is 12.3. The SMILES string of the molecule is CCCCCCCCCCCCCCc1cccc(OC(C)COC(=O)CCC[N+](C)(C)Cc2ccccc2)c1. The molecule has 2 aromatic rings. The van der Waals surface area contributed by atoms with Crippen LogP contribution >= 0.6 is 0 Å². The van der Waals surface area contributed by atoms with Crippen LogP contribution < -0.4 is 4.74 Å². The van der Waals surface area contributed by atoms with Crippen molar-refractivity contribution in [3.8, 4) is 5.75 Å². The van der Waals surface area contributed by atoms with Gasteiger partial charge in [-0.2, -0.15) is 0 Å². The molecule has 40 heavy (non-hydrogen) atoms. The van der Waals surface area contributed by atoms with Gasteiger partial charge in [0.2, 0.25) is 0 Å². The number of benzene rings is 2. The summed E-state index contributed by atoms with van der Waals surface area (Å²) in [6, 6.07) is 18.9. The number of carbonyl (C=O) groups excluding carboxylic acids is 1. The van der Waals surface area contributed by atoms with Crippen molar-refractivity contribution in [1.82, 2.24) is 0 Å². The van der Waals surface area contributed by atoms with Crippen LogP contribution in [0.2, 0.25) is 0 Å². The molecule has 0 spiro atoms. The van der Waals surface area contributed by atoms with E-state index in [0.717, 1.165) is 36.2 Å². The van der Waals surface area contributed by atoms with Gasteiger partial charge in [-0.3, -0.25) is 4.79 Å². The zero-order valence-electron chi connectivity index (χ0n) is 26.2. The maximum atomic E-state index is 12.3. The minimum atomic E-state index is -0.170. The first-order chi connectivity index (χ1) is 19.4. The Bertz CT molecular complexity index is 911. The minimum absolute atomic E-state index is 0.143. The Labute approximate surface area is 246 Å². The van der Waals surface area contributed by atoms with Crippen LogP contribution in [0.5, 0.6) is 5.75 Å². The van der Waals surface area contributed by atoms with E-state index in [1.165, 1.54) is 88.2 Å². The van der Waals surface area contributed by atoms with Crippen molar-refractivity contribution in [3.63, 3.8) is 0 Å². The normalized spacial score (nSPS) is 12.3. The Morgan fingerprint density at radius 3 is 2.00 bits per heavy atom. The fourth-order valence-electron chi connectivity index (χ4n) is 5.30. The summed E-state index contributed by atoms with van der Waals surface area (Å²) in [5.41, 5.74) is 2.64. The number of esters is 1. The Morgan fingerprint density at radius 2 is 1.35 bits per heavy atom. The highest BCUT2D eigenvalue weighted by molar-refractivity contribution is 5.69. The molecule has 2 aromatic carbocycles. The first-order valence-electron chi connectivity index (χ1n) is 16.1. The molecule has 0 aliphatic heterocycles. The van der Waals surface area contributed by atoms with Gasteiger partial charge >= 0.3 is 5.97 Å².